The molecule has 0 unspecified atom stereocenters. The van der Waals surface area contributed by atoms with E-state index in [1.54, 1.807) is 6.20 Å². The summed E-state index contributed by atoms with van der Waals surface area (Å²) in [6.07, 6.45) is 9.34. The van der Waals surface area contributed by atoms with Crippen LogP contribution in [0.25, 0.3) is 0 Å². The van der Waals surface area contributed by atoms with Crippen LogP contribution in [0.2, 0.25) is 0 Å². The number of amides is 1. The summed E-state index contributed by atoms with van der Waals surface area (Å²) in [5.41, 5.74) is 0.263. The number of aryl methyl sites for hydroxylation is 1. The van der Waals surface area contributed by atoms with Crippen LogP contribution < -0.4 is 5.32 Å². The third-order valence-electron chi connectivity index (χ3n) is 5.84. The van der Waals surface area contributed by atoms with E-state index >= 15 is 0 Å². The summed E-state index contributed by atoms with van der Waals surface area (Å²) in [5, 5.41) is 3.39. The van der Waals surface area contributed by atoms with Crippen molar-refractivity contribution < 1.29 is 9.18 Å². The van der Waals surface area contributed by atoms with Crippen LogP contribution in [0.15, 0.2) is 30.9 Å². The summed E-state index contributed by atoms with van der Waals surface area (Å²) >= 11 is 0. The minimum atomic E-state index is -0.568. The Labute approximate surface area is 152 Å². The van der Waals surface area contributed by atoms with Crippen LogP contribution in [0, 0.1) is 11.2 Å². The minimum Gasteiger partial charge on any atom is -0.334 e. The average molecular weight is 357 g/mol. The number of imidazole rings is 1. The molecule has 1 amide bonds. The summed E-state index contributed by atoms with van der Waals surface area (Å²) in [7, 11) is 0. The zero-order valence-electron chi connectivity index (χ0n) is 15.0. The van der Waals surface area contributed by atoms with Gasteiger partial charge >= 0.3 is 0 Å². The molecule has 1 atom stereocenters. The highest BCUT2D eigenvalue weighted by Gasteiger charge is 2.58. The standard InChI is InChI=1S/C19H24FN5O/c1-2-24-10-9-23-17(24)13-25(16-11-19(16)4-7-21-8-5-19)18(26)14-3-6-22-12-15(14)20/h3,6,9-10,12,16,21H,2,4-5,7-8,11,13H2,1H3/t16-/m1/s1. The van der Waals surface area contributed by atoms with Crippen LogP contribution in [-0.2, 0) is 13.1 Å². The number of carbonyl (C=O) groups is 1. The summed E-state index contributed by atoms with van der Waals surface area (Å²) in [5.74, 6) is 0.00334. The molecule has 2 aliphatic rings. The summed E-state index contributed by atoms with van der Waals surface area (Å²) < 4.78 is 16.2. The van der Waals surface area contributed by atoms with Crippen LogP contribution in [0.3, 0.4) is 0 Å². The van der Waals surface area contributed by atoms with Gasteiger partial charge in [-0.25, -0.2) is 9.37 Å². The van der Waals surface area contributed by atoms with E-state index in [2.05, 4.69) is 15.3 Å². The molecule has 1 spiro atoms. The first-order valence-electron chi connectivity index (χ1n) is 9.26. The van der Waals surface area contributed by atoms with Crippen molar-refractivity contribution >= 4 is 5.91 Å². The number of carbonyl (C=O) groups excluding carboxylic acids is 1. The number of halogens is 1. The van der Waals surface area contributed by atoms with Gasteiger partial charge in [-0.3, -0.25) is 9.78 Å². The van der Waals surface area contributed by atoms with Gasteiger partial charge in [0.1, 0.15) is 5.82 Å². The van der Waals surface area contributed by atoms with Crippen molar-refractivity contribution in [3.05, 3.63) is 48.1 Å². The molecule has 1 saturated carbocycles. The number of piperidine rings is 1. The molecule has 138 valence electrons. The Morgan fingerprint density at radius 2 is 2.23 bits per heavy atom. The van der Waals surface area contributed by atoms with Gasteiger partial charge in [0, 0.05) is 31.2 Å². The predicted octanol–water partition coefficient (Wildman–Crippen LogP) is 2.22. The lowest BCUT2D eigenvalue weighted by molar-refractivity contribution is 0.0680. The molecule has 4 rings (SSSR count). The van der Waals surface area contributed by atoms with Gasteiger partial charge in [0.25, 0.3) is 5.91 Å². The Morgan fingerprint density at radius 3 is 2.96 bits per heavy atom. The molecule has 7 heteroatoms. The van der Waals surface area contributed by atoms with E-state index in [0.717, 1.165) is 50.9 Å². The Hall–Kier alpha value is -2.28. The molecule has 0 bridgehead atoms. The number of rotatable bonds is 5. The summed E-state index contributed by atoms with van der Waals surface area (Å²) in [6.45, 7) is 5.20. The molecule has 1 saturated heterocycles. The number of pyridine rings is 1. The molecular formula is C19H24FN5O. The van der Waals surface area contributed by atoms with Gasteiger partial charge in [0.2, 0.25) is 0 Å². The molecular weight excluding hydrogens is 333 g/mol. The van der Waals surface area contributed by atoms with Gasteiger partial charge in [0.05, 0.1) is 18.3 Å². The van der Waals surface area contributed by atoms with E-state index < -0.39 is 5.82 Å². The number of nitrogens with zero attached hydrogens (tertiary/aromatic N) is 4. The number of aromatic nitrogens is 3. The van der Waals surface area contributed by atoms with Crippen molar-refractivity contribution in [2.24, 2.45) is 5.41 Å². The van der Waals surface area contributed by atoms with Gasteiger partial charge < -0.3 is 14.8 Å². The van der Waals surface area contributed by atoms with E-state index in [1.165, 1.54) is 12.3 Å². The maximum absolute atomic E-state index is 14.2. The largest absolute Gasteiger partial charge is 0.334 e. The first-order valence-corrected chi connectivity index (χ1v) is 9.26. The summed E-state index contributed by atoms with van der Waals surface area (Å²) in [4.78, 5) is 23.2. The summed E-state index contributed by atoms with van der Waals surface area (Å²) in [6, 6.07) is 1.61. The molecule has 1 aliphatic heterocycles. The first-order chi connectivity index (χ1) is 12.6. The van der Waals surface area contributed by atoms with E-state index in [1.807, 2.05) is 22.6 Å². The predicted molar refractivity (Wildman–Crippen MR) is 94.9 cm³/mol. The molecule has 3 heterocycles. The normalized spacial score (nSPS) is 20.9. The Balaban J connectivity index is 1.64. The van der Waals surface area contributed by atoms with E-state index in [0.29, 0.717) is 6.54 Å². The van der Waals surface area contributed by atoms with Gasteiger partial charge in [-0.15, -0.1) is 0 Å². The molecule has 0 radical (unpaired) electrons. The SMILES string of the molecule is CCn1ccnc1CN(C(=O)c1ccncc1F)[C@@H]1CC12CCNCC2. The number of hydrogen-bond acceptors (Lipinski definition) is 4. The zero-order valence-corrected chi connectivity index (χ0v) is 15.0. The maximum Gasteiger partial charge on any atom is 0.257 e. The second kappa shape index (κ2) is 6.79. The fraction of sp³-hybridized carbons (Fsp3) is 0.526. The Morgan fingerprint density at radius 1 is 1.42 bits per heavy atom. The quantitative estimate of drug-likeness (QED) is 0.891. The Kier molecular flexibility index (Phi) is 4.48. The topological polar surface area (TPSA) is 63.1 Å². The van der Waals surface area contributed by atoms with Crippen molar-refractivity contribution in [1.29, 1.82) is 0 Å². The molecule has 2 aromatic heterocycles. The van der Waals surface area contributed by atoms with Gasteiger partial charge in [0.15, 0.2) is 5.82 Å². The highest BCUT2D eigenvalue weighted by molar-refractivity contribution is 5.94. The van der Waals surface area contributed by atoms with E-state index in [4.69, 9.17) is 0 Å². The van der Waals surface area contributed by atoms with Gasteiger partial charge in [-0.05, 0) is 50.8 Å². The number of hydrogen-bond donors (Lipinski definition) is 1. The van der Waals surface area contributed by atoms with E-state index in [-0.39, 0.29) is 22.9 Å². The monoisotopic (exact) mass is 357 g/mol. The van der Waals surface area contributed by atoms with E-state index in [9.17, 15) is 9.18 Å². The maximum atomic E-state index is 14.2. The average Bonchev–Trinajstić information content (AvgIpc) is 3.14. The van der Waals surface area contributed by atoms with Gasteiger partial charge in [-0.1, -0.05) is 0 Å². The highest BCUT2D eigenvalue weighted by Crippen LogP contribution is 2.56. The van der Waals surface area contributed by atoms with Crippen molar-refractivity contribution in [2.75, 3.05) is 13.1 Å². The molecule has 2 aromatic rings. The molecule has 1 N–H and O–H groups in total. The van der Waals surface area contributed by atoms with Crippen molar-refractivity contribution in [3.8, 4) is 0 Å². The lowest BCUT2D eigenvalue weighted by Gasteiger charge is -2.29. The van der Waals surface area contributed by atoms with Crippen LogP contribution in [0.5, 0.6) is 0 Å². The van der Waals surface area contributed by atoms with Crippen LogP contribution in [0.4, 0.5) is 4.39 Å². The van der Waals surface area contributed by atoms with Crippen molar-refractivity contribution in [3.63, 3.8) is 0 Å². The third-order valence-corrected chi connectivity index (χ3v) is 5.84. The lowest BCUT2D eigenvalue weighted by Crippen LogP contribution is -2.40. The lowest BCUT2D eigenvalue weighted by atomic mass is 9.93. The molecule has 1 aliphatic carbocycles. The first kappa shape index (κ1) is 17.1. The minimum absolute atomic E-state index is 0.0885. The zero-order chi connectivity index (χ0) is 18.1. The van der Waals surface area contributed by atoms with Crippen molar-refractivity contribution in [2.45, 2.75) is 45.3 Å². The number of nitrogens with one attached hydrogen (secondary N) is 1. The molecule has 26 heavy (non-hydrogen) atoms. The second-order valence-corrected chi connectivity index (χ2v) is 7.25. The van der Waals surface area contributed by atoms with Gasteiger partial charge in [-0.2, -0.15) is 0 Å². The van der Waals surface area contributed by atoms with Crippen LogP contribution >= 0.6 is 0 Å². The highest BCUT2D eigenvalue weighted by atomic mass is 19.1. The fourth-order valence-corrected chi connectivity index (χ4v) is 4.19. The fourth-order valence-electron chi connectivity index (χ4n) is 4.19. The smallest absolute Gasteiger partial charge is 0.257 e. The molecule has 0 aromatic carbocycles. The van der Waals surface area contributed by atoms with Crippen LogP contribution in [-0.4, -0.2) is 44.5 Å². The molecule has 6 nitrogen and oxygen atoms in total. The molecule has 2 fully saturated rings. The van der Waals surface area contributed by atoms with Crippen LogP contribution in [0.1, 0.15) is 42.4 Å². The Bertz CT molecular complexity index is 799. The second-order valence-electron chi connectivity index (χ2n) is 7.25. The van der Waals surface area contributed by atoms with Crippen molar-refractivity contribution in [1.82, 2.24) is 24.8 Å². The third kappa shape index (κ3) is 3.00.